The second-order valence-electron chi connectivity index (χ2n) is 8.58. The number of primary amides is 1. The zero-order valence-corrected chi connectivity index (χ0v) is 18.8. The van der Waals surface area contributed by atoms with Crippen molar-refractivity contribution in [1.29, 1.82) is 0 Å². The number of aromatic nitrogens is 2. The van der Waals surface area contributed by atoms with E-state index in [1.165, 1.54) is 10.7 Å². The Morgan fingerprint density at radius 1 is 0.971 bits per heavy atom. The van der Waals surface area contributed by atoms with Crippen molar-refractivity contribution in [3.05, 3.63) is 70.8 Å². The molecular formula is C25H24FN5O3. The van der Waals surface area contributed by atoms with Gasteiger partial charge < -0.3 is 15.5 Å². The summed E-state index contributed by atoms with van der Waals surface area (Å²) in [7, 11) is 0. The molecule has 1 saturated heterocycles. The Labute approximate surface area is 195 Å². The van der Waals surface area contributed by atoms with Gasteiger partial charge in [-0.2, -0.15) is 5.10 Å². The van der Waals surface area contributed by atoms with Crippen LogP contribution >= 0.6 is 0 Å². The van der Waals surface area contributed by atoms with Crippen molar-refractivity contribution in [2.45, 2.75) is 32.6 Å². The molecule has 1 aromatic heterocycles. The summed E-state index contributed by atoms with van der Waals surface area (Å²) in [6, 6.07) is 11.8. The van der Waals surface area contributed by atoms with Crippen LogP contribution in [0, 0.1) is 12.7 Å². The van der Waals surface area contributed by atoms with Crippen LogP contribution in [-0.4, -0.2) is 40.6 Å². The van der Waals surface area contributed by atoms with E-state index in [2.05, 4.69) is 5.10 Å². The molecule has 3 amide bonds. The zero-order chi connectivity index (χ0) is 24.0. The molecule has 34 heavy (non-hydrogen) atoms. The van der Waals surface area contributed by atoms with Crippen LogP contribution in [0.3, 0.4) is 0 Å². The molecule has 0 spiro atoms. The van der Waals surface area contributed by atoms with Crippen LogP contribution in [0.15, 0.2) is 42.5 Å². The highest BCUT2D eigenvalue weighted by molar-refractivity contribution is 6.09. The molecule has 9 heteroatoms. The average Bonchev–Trinajstić information content (AvgIpc) is 3.20. The van der Waals surface area contributed by atoms with E-state index in [-0.39, 0.29) is 23.0 Å². The highest BCUT2D eigenvalue weighted by Gasteiger charge is 2.35. The van der Waals surface area contributed by atoms with Crippen molar-refractivity contribution in [2.24, 2.45) is 5.73 Å². The van der Waals surface area contributed by atoms with Crippen LogP contribution in [0.5, 0.6) is 0 Å². The average molecular weight is 461 g/mol. The van der Waals surface area contributed by atoms with E-state index in [1.807, 2.05) is 12.1 Å². The number of para-hydroxylation sites is 1. The lowest BCUT2D eigenvalue weighted by Gasteiger charge is -2.30. The monoisotopic (exact) mass is 461 g/mol. The lowest BCUT2D eigenvalue weighted by atomic mass is 10.0. The first kappa shape index (κ1) is 21.8. The van der Waals surface area contributed by atoms with Gasteiger partial charge >= 0.3 is 0 Å². The first-order valence-electron chi connectivity index (χ1n) is 11.3. The molecule has 0 aliphatic carbocycles. The molecule has 2 aliphatic rings. The van der Waals surface area contributed by atoms with Crippen LogP contribution in [0.2, 0.25) is 0 Å². The molecule has 5 rings (SSSR count). The van der Waals surface area contributed by atoms with E-state index in [0.29, 0.717) is 42.7 Å². The van der Waals surface area contributed by atoms with Gasteiger partial charge in [-0.05, 0) is 62.1 Å². The maximum Gasteiger partial charge on any atom is 0.277 e. The quantitative estimate of drug-likeness (QED) is 0.645. The van der Waals surface area contributed by atoms with Crippen molar-refractivity contribution in [3.63, 3.8) is 0 Å². The number of amides is 3. The number of piperidine rings is 1. The van der Waals surface area contributed by atoms with Gasteiger partial charge in [-0.1, -0.05) is 12.1 Å². The summed E-state index contributed by atoms with van der Waals surface area (Å²) >= 11 is 0. The summed E-state index contributed by atoms with van der Waals surface area (Å²) in [5.41, 5.74) is 8.17. The maximum absolute atomic E-state index is 14.8. The molecule has 3 heterocycles. The number of hydrogen-bond donors (Lipinski definition) is 1. The lowest BCUT2D eigenvalue weighted by Crippen LogP contribution is -2.39. The fourth-order valence-corrected chi connectivity index (χ4v) is 4.75. The summed E-state index contributed by atoms with van der Waals surface area (Å²) in [6.07, 6.45) is 2.75. The largest absolute Gasteiger partial charge is 0.364 e. The smallest absolute Gasteiger partial charge is 0.277 e. The van der Waals surface area contributed by atoms with Gasteiger partial charge in [-0.3, -0.25) is 14.4 Å². The highest BCUT2D eigenvalue weighted by Crippen LogP contribution is 2.31. The molecule has 0 unspecified atom stereocenters. The Morgan fingerprint density at radius 2 is 1.68 bits per heavy atom. The number of hydrogen-bond acceptors (Lipinski definition) is 4. The molecule has 0 saturated carbocycles. The van der Waals surface area contributed by atoms with Crippen molar-refractivity contribution in [1.82, 2.24) is 9.78 Å². The second-order valence-corrected chi connectivity index (χ2v) is 8.58. The molecule has 2 N–H and O–H groups in total. The zero-order valence-electron chi connectivity index (χ0n) is 18.8. The summed E-state index contributed by atoms with van der Waals surface area (Å²) < 4.78 is 16.0. The number of fused-ring (bicyclic) bond motifs is 1. The number of nitrogens with zero attached hydrogens (tertiary/aromatic N) is 4. The Kier molecular flexibility index (Phi) is 5.39. The minimum Gasteiger partial charge on any atom is -0.364 e. The van der Waals surface area contributed by atoms with E-state index in [1.54, 1.807) is 41.0 Å². The molecule has 0 radical (unpaired) electrons. The number of carbonyl (C=O) groups is 3. The van der Waals surface area contributed by atoms with Crippen LogP contribution in [-0.2, 0) is 11.2 Å². The van der Waals surface area contributed by atoms with Gasteiger partial charge in [-0.25, -0.2) is 9.07 Å². The van der Waals surface area contributed by atoms with E-state index in [0.717, 1.165) is 18.5 Å². The predicted molar refractivity (Wildman–Crippen MR) is 125 cm³/mol. The first-order valence-corrected chi connectivity index (χ1v) is 11.3. The van der Waals surface area contributed by atoms with Crippen LogP contribution in [0.1, 0.15) is 51.4 Å². The van der Waals surface area contributed by atoms with Crippen molar-refractivity contribution in [3.8, 4) is 5.69 Å². The maximum atomic E-state index is 14.8. The van der Waals surface area contributed by atoms with E-state index >= 15 is 0 Å². The van der Waals surface area contributed by atoms with E-state index < -0.39 is 17.6 Å². The number of rotatable bonds is 4. The Morgan fingerprint density at radius 3 is 2.32 bits per heavy atom. The molecule has 3 aromatic rings. The highest BCUT2D eigenvalue weighted by atomic mass is 19.1. The standard InChI is InChI=1S/C25H24FN5O3/c1-15-5-4-6-19(26)22(15)31-23-18(21(28-31)24(27)33)12-14-30(25(23)34)17-10-8-16(9-11-17)29-13-3-2-7-20(29)32/h4-6,8-11H,2-3,7,12-14H2,1H3,(H2,27,33). The number of carbonyl (C=O) groups excluding carboxylic acids is 3. The third-order valence-corrected chi connectivity index (χ3v) is 6.45. The number of nitrogens with two attached hydrogens (primary N) is 1. The lowest BCUT2D eigenvalue weighted by molar-refractivity contribution is -0.119. The number of halogens is 1. The fourth-order valence-electron chi connectivity index (χ4n) is 4.75. The number of anilines is 2. The van der Waals surface area contributed by atoms with E-state index in [9.17, 15) is 18.8 Å². The summed E-state index contributed by atoms with van der Waals surface area (Å²) in [5.74, 6) is -1.62. The molecule has 2 aromatic carbocycles. The molecule has 0 atom stereocenters. The van der Waals surface area contributed by atoms with Gasteiger partial charge in [0.2, 0.25) is 5.91 Å². The van der Waals surface area contributed by atoms with Gasteiger partial charge in [0, 0.05) is 36.4 Å². The SMILES string of the molecule is Cc1cccc(F)c1-n1nc(C(N)=O)c2c1C(=O)N(c1ccc(N3CCCCC3=O)cc1)CC2. The first-order chi connectivity index (χ1) is 16.4. The Balaban J connectivity index is 1.54. The summed E-state index contributed by atoms with van der Waals surface area (Å²) in [5, 5.41) is 4.26. The van der Waals surface area contributed by atoms with Gasteiger partial charge in [0.1, 0.15) is 17.2 Å². The Hall–Kier alpha value is -4.01. The Bertz CT molecular complexity index is 1290. The minimum atomic E-state index is -0.763. The minimum absolute atomic E-state index is 0.0235. The van der Waals surface area contributed by atoms with Crippen LogP contribution < -0.4 is 15.5 Å². The topological polar surface area (TPSA) is 102 Å². The molecule has 0 bridgehead atoms. The van der Waals surface area contributed by atoms with E-state index in [4.69, 9.17) is 5.73 Å². The molecular weight excluding hydrogens is 437 g/mol. The fraction of sp³-hybridized carbons (Fsp3) is 0.280. The van der Waals surface area contributed by atoms with Crippen LogP contribution in [0.25, 0.3) is 5.69 Å². The third kappa shape index (κ3) is 3.53. The number of aryl methyl sites for hydroxylation is 1. The third-order valence-electron chi connectivity index (χ3n) is 6.45. The second kappa shape index (κ2) is 8.40. The molecule has 1 fully saturated rings. The van der Waals surface area contributed by atoms with Crippen LogP contribution in [0.4, 0.5) is 15.8 Å². The van der Waals surface area contributed by atoms with Gasteiger partial charge in [0.05, 0.1) is 0 Å². The van der Waals surface area contributed by atoms with Gasteiger partial charge in [-0.15, -0.1) is 0 Å². The summed E-state index contributed by atoms with van der Waals surface area (Å²) in [6.45, 7) is 2.71. The normalized spacial score (nSPS) is 16.1. The van der Waals surface area contributed by atoms with Crippen molar-refractivity contribution in [2.75, 3.05) is 22.9 Å². The van der Waals surface area contributed by atoms with Gasteiger partial charge in [0.15, 0.2) is 5.69 Å². The molecule has 2 aliphatic heterocycles. The van der Waals surface area contributed by atoms with Crippen molar-refractivity contribution >= 4 is 29.1 Å². The van der Waals surface area contributed by atoms with Crippen molar-refractivity contribution < 1.29 is 18.8 Å². The summed E-state index contributed by atoms with van der Waals surface area (Å²) in [4.78, 5) is 41.3. The number of benzene rings is 2. The molecule has 174 valence electrons. The predicted octanol–water partition coefficient (Wildman–Crippen LogP) is 3.14. The van der Waals surface area contributed by atoms with Gasteiger partial charge in [0.25, 0.3) is 11.8 Å². The molecule has 8 nitrogen and oxygen atoms in total.